The van der Waals surface area contributed by atoms with Crippen molar-refractivity contribution >= 4 is 66.8 Å². The quantitative estimate of drug-likeness (QED) is 0.601. The smallest absolute Gasteiger partial charge is 0.257 e. The SMILES string of the molecule is Cc1ccc(S(C)(=O)=O)cc1C(=O)Nc1nc(-c2cc(Cl)sc2Cl)cs1. The van der Waals surface area contributed by atoms with Crippen LogP contribution in [0.4, 0.5) is 5.13 Å². The number of thiazole rings is 1. The summed E-state index contributed by atoms with van der Waals surface area (Å²) in [6.07, 6.45) is 1.10. The van der Waals surface area contributed by atoms with Gasteiger partial charge in [-0.25, -0.2) is 13.4 Å². The Labute approximate surface area is 168 Å². The Morgan fingerprint density at radius 2 is 1.96 bits per heavy atom. The summed E-state index contributed by atoms with van der Waals surface area (Å²) >= 11 is 14.6. The maximum Gasteiger partial charge on any atom is 0.257 e. The van der Waals surface area contributed by atoms with Crippen LogP contribution in [-0.4, -0.2) is 25.6 Å². The predicted molar refractivity (Wildman–Crippen MR) is 108 cm³/mol. The molecule has 1 amide bonds. The van der Waals surface area contributed by atoms with E-state index in [1.54, 1.807) is 24.4 Å². The van der Waals surface area contributed by atoms with Gasteiger partial charge in [0.05, 0.1) is 14.9 Å². The van der Waals surface area contributed by atoms with Crippen LogP contribution in [0, 0.1) is 6.92 Å². The van der Waals surface area contributed by atoms with E-state index in [0.717, 1.165) is 6.26 Å². The van der Waals surface area contributed by atoms with Crippen molar-refractivity contribution in [3.8, 4) is 11.3 Å². The summed E-state index contributed by atoms with van der Waals surface area (Å²) in [5.41, 5.74) is 2.26. The van der Waals surface area contributed by atoms with Gasteiger partial charge in [0.2, 0.25) is 0 Å². The van der Waals surface area contributed by atoms with Crippen molar-refractivity contribution in [3.63, 3.8) is 0 Å². The third-order valence-corrected chi connectivity index (χ3v) is 6.89. The van der Waals surface area contributed by atoms with E-state index < -0.39 is 15.7 Å². The third kappa shape index (κ3) is 4.10. The minimum absolute atomic E-state index is 0.0905. The number of hydrogen-bond donors (Lipinski definition) is 1. The van der Waals surface area contributed by atoms with E-state index in [2.05, 4.69) is 10.3 Å². The fourth-order valence-corrected chi connectivity index (χ4v) is 5.04. The Morgan fingerprint density at radius 1 is 1.23 bits per heavy atom. The number of hydrogen-bond acceptors (Lipinski definition) is 6. The van der Waals surface area contributed by atoms with E-state index in [9.17, 15) is 13.2 Å². The fourth-order valence-electron chi connectivity index (χ4n) is 2.21. The molecule has 3 aromatic rings. The summed E-state index contributed by atoms with van der Waals surface area (Å²) in [4.78, 5) is 17.0. The topological polar surface area (TPSA) is 76.1 Å². The molecule has 0 saturated heterocycles. The molecule has 0 saturated carbocycles. The number of rotatable bonds is 4. The monoisotopic (exact) mass is 446 g/mol. The van der Waals surface area contributed by atoms with Gasteiger partial charge < -0.3 is 0 Å². The van der Waals surface area contributed by atoms with Gasteiger partial charge in [0.25, 0.3) is 5.91 Å². The zero-order chi connectivity index (χ0) is 19.1. The lowest BCUT2D eigenvalue weighted by Gasteiger charge is -2.07. The molecular formula is C16H12Cl2N2O3S3. The van der Waals surface area contributed by atoms with Crippen LogP contribution in [0.2, 0.25) is 8.67 Å². The first kappa shape index (κ1) is 19.3. The first-order valence-electron chi connectivity index (χ1n) is 7.18. The molecule has 1 aromatic carbocycles. The number of benzene rings is 1. The second-order valence-electron chi connectivity index (χ2n) is 5.48. The van der Waals surface area contributed by atoms with Gasteiger partial charge in [0.15, 0.2) is 15.0 Å². The molecular weight excluding hydrogens is 435 g/mol. The molecule has 2 heterocycles. The number of halogens is 2. The molecule has 1 N–H and O–H groups in total. The van der Waals surface area contributed by atoms with Gasteiger partial charge in [-0.15, -0.1) is 22.7 Å². The highest BCUT2D eigenvalue weighted by Gasteiger charge is 2.17. The summed E-state index contributed by atoms with van der Waals surface area (Å²) in [5, 5.41) is 4.84. The van der Waals surface area contributed by atoms with Crippen molar-refractivity contribution in [3.05, 3.63) is 49.4 Å². The highest BCUT2D eigenvalue weighted by Crippen LogP contribution is 2.39. The van der Waals surface area contributed by atoms with Crippen molar-refractivity contribution in [1.82, 2.24) is 4.98 Å². The number of sulfone groups is 1. The zero-order valence-corrected chi connectivity index (χ0v) is 17.5. The minimum Gasteiger partial charge on any atom is -0.298 e. The molecule has 0 aliphatic heterocycles. The van der Waals surface area contributed by atoms with Crippen LogP contribution < -0.4 is 5.32 Å². The van der Waals surface area contributed by atoms with Crippen LogP contribution in [-0.2, 0) is 9.84 Å². The molecule has 0 unspecified atom stereocenters. The lowest BCUT2D eigenvalue weighted by Crippen LogP contribution is -2.14. The van der Waals surface area contributed by atoms with Gasteiger partial charge in [-0.2, -0.15) is 0 Å². The standard InChI is InChI=1S/C16H12Cl2N2O3S3/c1-8-3-4-9(26(2,22)23)5-10(8)15(21)20-16-19-12(7-24-16)11-6-13(17)25-14(11)18/h3-7H,1-2H3,(H,19,20,21). The van der Waals surface area contributed by atoms with Crippen LogP contribution >= 0.6 is 45.9 Å². The highest BCUT2D eigenvalue weighted by molar-refractivity contribution is 7.90. The van der Waals surface area contributed by atoms with Gasteiger partial charge in [0.1, 0.15) is 4.34 Å². The summed E-state index contributed by atoms with van der Waals surface area (Å²) in [5.74, 6) is -0.427. The zero-order valence-electron chi connectivity index (χ0n) is 13.5. The molecule has 0 bridgehead atoms. The molecule has 5 nitrogen and oxygen atoms in total. The second kappa shape index (κ2) is 7.28. The number of thiophene rings is 1. The lowest BCUT2D eigenvalue weighted by molar-refractivity contribution is 0.102. The second-order valence-corrected chi connectivity index (χ2v) is 10.6. The summed E-state index contributed by atoms with van der Waals surface area (Å²) in [6.45, 7) is 1.74. The van der Waals surface area contributed by atoms with Crippen molar-refractivity contribution in [2.24, 2.45) is 0 Å². The number of carbonyl (C=O) groups is 1. The molecule has 0 atom stereocenters. The van der Waals surface area contributed by atoms with Crippen LogP contribution in [0.15, 0.2) is 34.5 Å². The van der Waals surface area contributed by atoms with Crippen LogP contribution in [0.1, 0.15) is 15.9 Å². The third-order valence-electron chi connectivity index (χ3n) is 3.54. The Bertz CT molecular complexity index is 1100. The van der Waals surface area contributed by atoms with Gasteiger partial charge in [-0.1, -0.05) is 29.3 Å². The Balaban J connectivity index is 1.86. The maximum absolute atomic E-state index is 12.5. The van der Waals surface area contributed by atoms with Crippen molar-refractivity contribution < 1.29 is 13.2 Å². The maximum atomic E-state index is 12.5. The Kier molecular flexibility index (Phi) is 5.41. The van der Waals surface area contributed by atoms with Crippen molar-refractivity contribution in [2.45, 2.75) is 11.8 Å². The van der Waals surface area contributed by atoms with E-state index >= 15 is 0 Å². The van der Waals surface area contributed by atoms with Crippen molar-refractivity contribution in [2.75, 3.05) is 11.6 Å². The van der Waals surface area contributed by atoms with Crippen LogP contribution in [0.3, 0.4) is 0 Å². The van der Waals surface area contributed by atoms with E-state index in [0.29, 0.717) is 30.6 Å². The molecule has 3 rings (SSSR count). The molecule has 2 aromatic heterocycles. The summed E-state index contributed by atoms with van der Waals surface area (Å²) in [7, 11) is -3.40. The molecule has 0 aliphatic carbocycles. The van der Waals surface area contributed by atoms with E-state index in [1.807, 2.05) is 0 Å². The Hall–Kier alpha value is -1.45. The molecule has 0 aliphatic rings. The first-order valence-corrected chi connectivity index (χ1v) is 11.5. The normalized spacial score (nSPS) is 11.5. The molecule has 136 valence electrons. The number of aryl methyl sites for hydroxylation is 1. The number of nitrogens with one attached hydrogen (secondary N) is 1. The highest BCUT2D eigenvalue weighted by atomic mass is 35.5. The number of aromatic nitrogens is 1. The van der Waals surface area contributed by atoms with Gasteiger partial charge in [-0.05, 0) is 30.7 Å². The first-order chi connectivity index (χ1) is 12.1. The largest absolute Gasteiger partial charge is 0.298 e. The van der Waals surface area contributed by atoms with Crippen LogP contribution in [0.25, 0.3) is 11.3 Å². The fraction of sp³-hybridized carbons (Fsp3) is 0.125. The number of anilines is 1. The molecule has 0 spiro atoms. The van der Waals surface area contributed by atoms with E-state index in [4.69, 9.17) is 23.2 Å². The van der Waals surface area contributed by atoms with Gasteiger partial charge >= 0.3 is 0 Å². The molecule has 0 fully saturated rings. The van der Waals surface area contributed by atoms with E-state index in [1.165, 1.54) is 34.8 Å². The minimum atomic E-state index is -3.40. The summed E-state index contributed by atoms with van der Waals surface area (Å²) < 4.78 is 24.5. The van der Waals surface area contributed by atoms with E-state index in [-0.39, 0.29) is 10.5 Å². The summed E-state index contributed by atoms with van der Waals surface area (Å²) in [6, 6.07) is 6.16. The molecule has 10 heteroatoms. The molecule has 0 radical (unpaired) electrons. The van der Waals surface area contributed by atoms with Gasteiger partial charge in [-0.3, -0.25) is 10.1 Å². The average molecular weight is 447 g/mol. The number of carbonyl (C=O) groups excluding carboxylic acids is 1. The average Bonchev–Trinajstić information content (AvgIpc) is 3.12. The number of nitrogens with zero attached hydrogens (tertiary/aromatic N) is 1. The molecule has 26 heavy (non-hydrogen) atoms. The lowest BCUT2D eigenvalue weighted by atomic mass is 10.1. The Morgan fingerprint density at radius 3 is 2.58 bits per heavy atom. The van der Waals surface area contributed by atoms with Crippen LogP contribution in [0.5, 0.6) is 0 Å². The van der Waals surface area contributed by atoms with Crippen molar-refractivity contribution in [1.29, 1.82) is 0 Å². The predicted octanol–water partition coefficient (Wildman–Crippen LogP) is 5.14. The van der Waals surface area contributed by atoms with Gasteiger partial charge in [0, 0.05) is 22.8 Å². The number of amides is 1.